The molecule has 1 aromatic rings. The molecular weight excluding hydrogens is 270 g/mol. The zero-order valence-electron chi connectivity index (χ0n) is 12.5. The third-order valence-electron chi connectivity index (χ3n) is 2.83. The SMILES string of the molecule is CC(=O)NCCNC(=O)C(=O)Nc1ccc(C(C)C)cc1. The summed E-state index contributed by atoms with van der Waals surface area (Å²) in [5, 5.41) is 7.46. The molecule has 1 rings (SSSR count). The molecule has 0 fully saturated rings. The fraction of sp³-hybridized carbons (Fsp3) is 0.400. The Morgan fingerprint density at radius 3 is 2.05 bits per heavy atom. The molecule has 0 heterocycles. The van der Waals surface area contributed by atoms with Crippen molar-refractivity contribution in [3.8, 4) is 0 Å². The number of carbonyl (C=O) groups excluding carboxylic acids is 3. The Labute approximate surface area is 124 Å². The third kappa shape index (κ3) is 6.07. The highest BCUT2D eigenvalue weighted by atomic mass is 16.2. The maximum Gasteiger partial charge on any atom is 0.313 e. The predicted octanol–water partition coefficient (Wildman–Crippen LogP) is 1.00. The van der Waals surface area contributed by atoms with Crippen LogP contribution in [0.25, 0.3) is 0 Å². The van der Waals surface area contributed by atoms with Crippen molar-refractivity contribution in [2.24, 2.45) is 0 Å². The quantitative estimate of drug-likeness (QED) is 0.558. The second kappa shape index (κ2) is 8.04. The zero-order chi connectivity index (χ0) is 15.8. The monoisotopic (exact) mass is 291 g/mol. The molecule has 3 N–H and O–H groups in total. The molecule has 0 saturated heterocycles. The van der Waals surface area contributed by atoms with Gasteiger partial charge in [0.15, 0.2) is 0 Å². The lowest BCUT2D eigenvalue weighted by molar-refractivity contribution is -0.136. The number of amides is 3. The third-order valence-corrected chi connectivity index (χ3v) is 2.83. The van der Waals surface area contributed by atoms with Crippen LogP contribution in [0.4, 0.5) is 5.69 Å². The molecule has 0 aliphatic heterocycles. The van der Waals surface area contributed by atoms with Gasteiger partial charge in [-0.1, -0.05) is 26.0 Å². The van der Waals surface area contributed by atoms with Gasteiger partial charge in [0.05, 0.1) is 0 Å². The van der Waals surface area contributed by atoms with Crippen molar-refractivity contribution >= 4 is 23.4 Å². The minimum atomic E-state index is -0.728. The second-order valence-corrected chi connectivity index (χ2v) is 4.97. The second-order valence-electron chi connectivity index (χ2n) is 4.97. The van der Waals surface area contributed by atoms with Crippen LogP contribution < -0.4 is 16.0 Å². The van der Waals surface area contributed by atoms with E-state index in [1.165, 1.54) is 6.92 Å². The van der Waals surface area contributed by atoms with Gasteiger partial charge in [-0.05, 0) is 23.6 Å². The van der Waals surface area contributed by atoms with E-state index < -0.39 is 11.8 Å². The van der Waals surface area contributed by atoms with Crippen LogP contribution in [-0.2, 0) is 14.4 Å². The molecule has 6 nitrogen and oxygen atoms in total. The summed E-state index contributed by atoms with van der Waals surface area (Å²) in [7, 11) is 0. The molecule has 0 atom stereocenters. The Morgan fingerprint density at radius 2 is 1.52 bits per heavy atom. The van der Waals surface area contributed by atoms with Gasteiger partial charge >= 0.3 is 11.8 Å². The normalized spacial score (nSPS) is 10.1. The smallest absolute Gasteiger partial charge is 0.313 e. The van der Waals surface area contributed by atoms with Crippen molar-refractivity contribution in [3.05, 3.63) is 29.8 Å². The van der Waals surface area contributed by atoms with E-state index in [0.29, 0.717) is 11.6 Å². The maximum absolute atomic E-state index is 11.6. The summed E-state index contributed by atoms with van der Waals surface area (Å²) in [6.07, 6.45) is 0. The minimum Gasteiger partial charge on any atom is -0.355 e. The van der Waals surface area contributed by atoms with Crippen LogP contribution >= 0.6 is 0 Å². The van der Waals surface area contributed by atoms with Crippen molar-refractivity contribution in [2.75, 3.05) is 18.4 Å². The minimum absolute atomic E-state index is 0.182. The molecule has 6 heteroatoms. The van der Waals surface area contributed by atoms with Gasteiger partial charge in [0.25, 0.3) is 0 Å². The van der Waals surface area contributed by atoms with Crippen LogP contribution in [-0.4, -0.2) is 30.8 Å². The first-order valence-electron chi connectivity index (χ1n) is 6.83. The van der Waals surface area contributed by atoms with Gasteiger partial charge in [-0.2, -0.15) is 0 Å². The number of hydrogen-bond acceptors (Lipinski definition) is 3. The van der Waals surface area contributed by atoms with Crippen molar-refractivity contribution < 1.29 is 14.4 Å². The van der Waals surface area contributed by atoms with Crippen molar-refractivity contribution in [1.82, 2.24) is 10.6 Å². The molecule has 3 amide bonds. The largest absolute Gasteiger partial charge is 0.355 e. The Morgan fingerprint density at radius 1 is 0.952 bits per heavy atom. The summed E-state index contributed by atoms with van der Waals surface area (Å²) < 4.78 is 0. The van der Waals surface area contributed by atoms with Gasteiger partial charge in [0, 0.05) is 25.7 Å². The van der Waals surface area contributed by atoms with Gasteiger partial charge in [0.2, 0.25) is 5.91 Å². The average molecular weight is 291 g/mol. The summed E-state index contributed by atoms with van der Waals surface area (Å²) in [6.45, 7) is 6.04. The van der Waals surface area contributed by atoms with Crippen LogP contribution in [0.3, 0.4) is 0 Å². The molecule has 0 saturated carbocycles. The van der Waals surface area contributed by atoms with Gasteiger partial charge in [-0.25, -0.2) is 0 Å². The molecule has 0 bridgehead atoms. The first kappa shape index (κ1) is 16.7. The van der Waals surface area contributed by atoms with Gasteiger partial charge in [-0.15, -0.1) is 0 Å². The number of nitrogens with one attached hydrogen (secondary N) is 3. The molecule has 0 spiro atoms. The van der Waals surface area contributed by atoms with E-state index in [4.69, 9.17) is 0 Å². The van der Waals surface area contributed by atoms with Gasteiger partial charge in [-0.3, -0.25) is 14.4 Å². The molecule has 21 heavy (non-hydrogen) atoms. The summed E-state index contributed by atoms with van der Waals surface area (Å²) in [5.41, 5.74) is 1.73. The van der Waals surface area contributed by atoms with Crippen LogP contribution in [0.2, 0.25) is 0 Å². The van der Waals surface area contributed by atoms with E-state index >= 15 is 0 Å². The van der Waals surface area contributed by atoms with Gasteiger partial charge < -0.3 is 16.0 Å². The highest BCUT2D eigenvalue weighted by Gasteiger charge is 2.13. The highest BCUT2D eigenvalue weighted by molar-refractivity contribution is 6.39. The Kier molecular flexibility index (Phi) is 6.39. The first-order valence-corrected chi connectivity index (χ1v) is 6.83. The van der Waals surface area contributed by atoms with E-state index in [1.54, 1.807) is 12.1 Å². The van der Waals surface area contributed by atoms with E-state index in [0.717, 1.165) is 5.56 Å². The lowest BCUT2D eigenvalue weighted by atomic mass is 10.0. The molecule has 0 aromatic heterocycles. The van der Waals surface area contributed by atoms with Crippen LogP contribution in [0.5, 0.6) is 0 Å². The van der Waals surface area contributed by atoms with E-state index in [1.807, 2.05) is 12.1 Å². The number of anilines is 1. The Bertz CT molecular complexity index is 509. The van der Waals surface area contributed by atoms with E-state index in [9.17, 15) is 14.4 Å². The fourth-order valence-electron chi connectivity index (χ4n) is 1.63. The molecular formula is C15H21N3O3. The summed E-state index contributed by atoms with van der Waals surface area (Å²) in [5.74, 6) is -1.23. The molecule has 0 radical (unpaired) electrons. The summed E-state index contributed by atoms with van der Waals surface area (Å²) in [4.78, 5) is 33.8. The van der Waals surface area contributed by atoms with E-state index in [2.05, 4.69) is 29.8 Å². The number of benzene rings is 1. The van der Waals surface area contributed by atoms with Crippen molar-refractivity contribution in [2.45, 2.75) is 26.7 Å². The van der Waals surface area contributed by atoms with Crippen LogP contribution in [0.15, 0.2) is 24.3 Å². The zero-order valence-corrected chi connectivity index (χ0v) is 12.5. The van der Waals surface area contributed by atoms with Gasteiger partial charge in [0.1, 0.15) is 0 Å². The number of rotatable bonds is 5. The van der Waals surface area contributed by atoms with Crippen molar-refractivity contribution in [1.29, 1.82) is 0 Å². The highest BCUT2D eigenvalue weighted by Crippen LogP contribution is 2.16. The lowest BCUT2D eigenvalue weighted by Crippen LogP contribution is -2.39. The fourth-order valence-corrected chi connectivity index (χ4v) is 1.63. The topological polar surface area (TPSA) is 87.3 Å². The standard InChI is InChI=1S/C15H21N3O3/c1-10(2)12-4-6-13(7-5-12)18-15(21)14(20)17-9-8-16-11(3)19/h4-7,10H,8-9H2,1-3H3,(H,16,19)(H,17,20)(H,18,21). The number of hydrogen-bond donors (Lipinski definition) is 3. The number of carbonyl (C=O) groups is 3. The van der Waals surface area contributed by atoms with Crippen LogP contribution in [0.1, 0.15) is 32.3 Å². The molecule has 1 aromatic carbocycles. The Balaban J connectivity index is 2.41. The maximum atomic E-state index is 11.6. The lowest BCUT2D eigenvalue weighted by Gasteiger charge is -2.09. The van der Waals surface area contributed by atoms with Crippen molar-refractivity contribution in [3.63, 3.8) is 0 Å². The molecule has 0 aliphatic carbocycles. The molecule has 0 aliphatic rings. The first-order chi connectivity index (χ1) is 9.90. The predicted molar refractivity (Wildman–Crippen MR) is 80.9 cm³/mol. The molecule has 0 unspecified atom stereocenters. The molecule has 114 valence electrons. The summed E-state index contributed by atoms with van der Waals surface area (Å²) >= 11 is 0. The summed E-state index contributed by atoms with van der Waals surface area (Å²) in [6, 6.07) is 7.35. The average Bonchev–Trinajstić information content (AvgIpc) is 2.43. The van der Waals surface area contributed by atoms with E-state index in [-0.39, 0.29) is 19.0 Å². The van der Waals surface area contributed by atoms with Crippen LogP contribution in [0, 0.1) is 0 Å². The Hall–Kier alpha value is -2.37.